The zero-order valence-corrected chi connectivity index (χ0v) is 94.4. The van der Waals surface area contributed by atoms with Gasteiger partial charge in [0.25, 0.3) is 0 Å². The Kier molecular flexibility index (Phi) is 44.2. The number of ether oxygens (including phenoxy) is 12. The van der Waals surface area contributed by atoms with Gasteiger partial charge in [-0.05, 0) is 392 Å². The largest absolute Gasteiger partial charge is 0.508 e. The molecule has 5 atom stereocenters. The van der Waals surface area contributed by atoms with Crippen molar-refractivity contribution >= 4 is 99.7 Å². The lowest BCUT2D eigenvalue weighted by molar-refractivity contribution is 0.0177. The molecule has 0 bridgehead atoms. The van der Waals surface area contributed by atoms with Gasteiger partial charge in [-0.3, -0.25) is 0 Å². The van der Waals surface area contributed by atoms with Gasteiger partial charge in [0.1, 0.15) is 172 Å². The minimum Gasteiger partial charge on any atom is -0.508 e. The fourth-order valence-electron chi connectivity index (χ4n) is 16.2. The number of phenolic OH excluding ortho intramolecular Hbond substituents is 1. The highest BCUT2D eigenvalue weighted by atomic mass is 27.1. The van der Waals surface area contributed by atoms with Crippen molar-refractivity contribution in [3.05, 3.63) is 276 Å². The Morgan fingerprint density at radius 1 is 0.274 bits per heavy atom. The van der Waals surface area contributed by atoms with E-state index in [2.05, 4.69) is 139 Å². The minimum absolute atomic E-state index is 0. The maximum absolute atomic E-state index is 10.9. The second-order valence-corrected chi connectivity index (χ2v) is 37.4. The lowest BCUT2D eigenvalue weighted by atomic mass is 9.96. The molecule has 11 aromatic carbocycles. The van der Waals surface area contributed by atoms with E-state index < -0.39 is 24.4 Å². The SMILES string of the molecule is C.CC(O)COc1ccc(C([O][AlH2])[O][AlH2])cc1.CCOc1c(C)cc(-c2cc(C)c(OCC(O)COc3c(C)cc(-c4cc(C)c(OCC(O)COc5ccc(C([O][AlH2])[O][AlH2])cc5)c(C)c4)cc3C)c(C)c2)cc1C.Cc1cc(-c2cc(C)c(OCC3CO3)c(C)c2)cc(C)c1OCC(O)COc1c(C)cc(-c2cc(C)c(OCC3CO3)c(C)c2)cc1C.Oc1ccc(C([O][AlH2])[O][AlH2])cc1. The van der Waals surface area contributed by atoms with Crippen LogP contribution >= 0.6 is 0 Å². The molecule has 5 unspecified atom stereocenters. The molecule has 0 spiro atoms. The molecule has 0 amide bonds. The molecule has 0 radical (unpaired) electrons. The molecule has 13 rings (SSSR count). The van der Waals surface area contributed by atoms with Gasteiger partial charge in [0.15, 0.2) is 0 Å². The summed E-state index contributed by atoms with van der Waals surface area (Å²) in [5, 5.41) is 50.5. The third-order valence-electron chi connectivity index (χ3n) is 22.7. The zero-order chi connectivity index (χ0) is 97.1. The summed E-state index contributed by atoms with van der Waals surface area (Å²) in [7, 11) is 0. The van der Waals surface area contributed by atoms with Gasteiger partial charge < -0.3 is 105 Å². The number of benzene rings is 11. The van der Waals surface area contributed by atoms with Crippen molar-refractivity contribution in [2.24, 2.45) is 0 Å². The summed E-state index contributed by atoms with van der Waals surface area (Å²) in [5.41, 5.74) is 28.4. The van der Waals surface area contributed by atoms with Crippen molar-refractivity contribution in [3.8, 4) is 108 Å². The van der Waals surface area contributed by atoms with E-state index in [1.165, 1.54) is 0 Å². The first-order valence-corrected chi connectivity index (χ1v) is 50.3. The van der Waals surface area contributed by atoms with Crippen molar-refractivity contribution < 1.29 is 105 Å². The predicted molar refractivity (Wildman–Crippen MR) is 547 cm³/mol. The number of hydrogen-bond donors (Lipinski definition) is 5. The van der Waals surface area contributed by atoms with E-state index in [1.54, 1.807) is 31.2 Å². The highest BCUT2D eigenvalue weighted by Gasteiger charge is 2.27. The van der Waals surface area contributed by atoms with Crippen LogP contribution in [0.15, 0.2) is 170 Å². The fourth-order valence-corrected chi connectivity index (χ4v) is 20.2. The van der Waals surface area contributed by atoms with Gasteiger partial charge in [0, 0.05) is 16.7 Å². The number of hydrogen-bond acceptors (Lipinski definition) is 23. The summed E-state index contributed by atoms with van der Waals surface area (Å²) >= 11 is 3.77. The van der Waals surface area contributed by atoms with E-state index in [0.717, 1.165) is 215 Å². The van der Waals surface area contributed by atoms with Crippen LogP contribution in [0.1, 0.15) is 146 Å². The monoisotopic (exact) mass is 1940 g/mol. The van der Waals surface area contributed by atoms with E-state index in [-0.39, 0.29) is 83.9 Å². The Morgan fingerprint density at radius 2 is 0.452 bits per heavy atom. The van der Waals surface area contributed by atoms with Crippen LogP contribution in [0.4, 0.5) is 0 Å². The maximum atomic E-state index is 10.9. The molecule has 135 heavy (non-hydrogen) atoms. The third-order valence-corrected chi connectivity index (χ3v) is 25.3. The number of aryl methyl sites for hydroxylation is 16. The van der Waals surface area contributed by atoms with Crippen LogP contribution in [0.3, 0.4) is 0 Å². The van der Waals surface area contributed by atoms with Crippen LogP contribution in [-0.4, -0.2) is 241 Å². The summed E-state index contributed by atoms with van der Waals surface area (Å²) in [5.74, 6) is 8.31. The van der Waals surface area contributed by atoms with Crippen molar-refractivity contribution in [1.82, 2.24) is 0 Å². The highest BCUT2D eigenvalue weighted by Crippen LogP contribution is 2.41. The van der Waals surface area contributed by atoms with E-state index >= 15 is 0 Å². The number of aliphatic hydroxyl groups excluding tert-OH is 4. The Labute approximate surface area is 848 Å². The molecule has 23 nitrogen and oxygen atoms in total. The molecule has 0 saturated carbocycles. The molecule has 5 N–H and O–H groups in total. The molecule has 0 aliphatic carbocycles. The molecule has 2 saturated heterocycles. The quantitative estimate of drug-likeness (QED) is 0.0135. The molecular weight excluding hydrogens is 1800 g/mol. The minimum atomic E-state index is -0.824. The third kappa shape index (κ3) is 32.5. The van der Waals surface area contributed by atoms with Crippen LogP contribution in [0.5, 0.6) is 63.2 Å². The molecule has 0 aromatic heterocycles. The van der Waals surface area contributed by atoms with Crippen LogP contribution < -0.4 is 47.4 Å². The van der Waals surface area contributed by atoms with Gasteiger partial charge in [-0.1, -0.05) is 43.8 Å². The topological polar surface area (TPSA) is 274 Å². The number of epoxide rings is 2. The van der Waals surface area contributed by atoms with E-state index in [9.17, 15) is 15.3 Å². The van der Waals surface area contributed by atoms with Gasteiger partial charge in [-0.2, -0.15) is 0 Å². The summed E-state index contributed by atoms with van der Waals surface area (Å²) in [6.45, 7) is 40.8. The first-order chi connectivity index (χ1) is 64.1. The Hall–Kier alpha value is -8.07. The molecule has 11 aromatic rings. The number of aromatic hydroxyl groups is 1. The standard InChI is InChI=1S/C47H54O9.C41H48O7.C10H12O4.C7H6O3.CH4.6Al.12H/c1-10-52-43-27(2)15-36(16-28(43)3)37-17-31(6)45(32(7)18-37)55-25-41(49)26-56-46-33(8)21-39(22-34(46)9)38-19-29(4)44(30(5)20-38)54-24-40(48)23-53-42-13-11-35(12-14-42)47(50)51;1-23-9-31(33-13-27(5)40(28(6)14-33)47-21-36-19-43-36)10-24(2)38(23)45-17-35(42)18-46-39-25(3)11-32(12-26(39)4)34-15-29(7)41(30(8)16-34)48-22-37-20-44-37;1-7(11)6-14-9-4-2-8(3-5-9)10(12)13;8-6-3-1-5(2-4-6)7(9)10;;;;;;;;;;;;;;;;;;;/h11-22,40-41,47-49H,10,23-26H2,1-9H3;9-16,35-37,42H,17-22H2,1-8H3;2-5,7,10-11H,6H2,1H3;1-4,7-8H;1H4;;;;;;;;;;;;;;;;;;/q-2;;2*-2;;6*+1;;;;;;;;;;;;. The Balaban J connectivity index is 0.000000235. The number of aliphatic hydroxyl groups is 4. The maximum Gasteiger partial charge on any atom is 0.413 e. The average Bonchev–Trinajstić information content (AvgIpc) is 1.80. The molecule has 2 fully saturated rings. The number of phenols is 1. The molecule has 2 aliphatic rings. The van der Waals surface area contributed by atoms with Crippen LogP contribution in [0.25, 0.3) is 44.5 Å². The van der Waals surface area contributed by atoms with Crippen molar-refractivity contribution in [2.45, 2.75) is 188 Å². The Bertz CT molecular complexity index is 5330. The second kappa shape index (κ2) is 53.9. The normalized spacial score (nSPS) is 13.8. The van der Waals surface area contributed by atoms with Crippen molar-refractivity contribution in [3.63, 3.8) is 0 Å². The van der Waals surface area contributed by atoms with Gasteiger partial charge >= 0.3 is 99.7 Å². The smallest absolute Gasteiger partial charge is 0.413 e. The molecule has 716 valence electrons. The van der Waals surface area contributed by atoms with Gasteiger partial charge in [0.05, 0.1) is 25.9 Å². The van der Waals surface area contributed by atoms with Crippen LogP contribution in [0.2, 0.25) is 0 Å². The lowest BCUT2D eigenvalue weighted by Gasteiger charge is -2.20. The fraction of sp³-hybridized carbons (Fsp3) is 0.377. The second-order valence-electron chi connectivity index (χ2n) is 34.6. The molecule has 2 heterocycles. The van der Waals surface area contributed by atoms with E-state index in [4.69, 9.17) is 89.8 Å². The Morgan fingerprint density at radius 3 is 0.637 bits per heavy atom. The van der Waals surface area contributed by atoms with E-state index in [1.807, 2.05) is 125 Å². The first-order valence-electron chi connectivity index (χ1n) is 45.4. The van der Waals surface area contributed by atoms with E-state index in [0.29, 0.717) is 132 Å². The van der Waals surface area contributed by atoms with Crippen molar-refractivity contribution in [1.29, 1.82) is 0 Å². The zero-order valence-electron chi connectivity index (χ0n) is 82.4. The predicted octanol–water partition coefficient (Wildman–Crippen LogP) is 15.2. The average molecular weight is 1940 g/mol. The van der Waals surface area contributed by atoms with Crippen molar-refractivity contribution in [2.75, 3.05) is 79.3 Å². The summed E-state index contributed by atoms with van der Waals surface area (Å²) in [6, 6.07) is 56.1. The van der Waals surface area contributed by atoms with Gasteiger partial charge in [0.2, 0.25) is 0 Å². The van der Waals surface area contributed by atoms with Crippen LogP contribution in [0, 0.1) is 111 Å². The number of rotatable bonds is 42. The summed E-state index contributed by atoms with van der Waals surface area (Å²) in [4.78, 5) is 0. The highest BCUT2D eigenvalue weighted by molar-refractivity contribution is 6.00. The molecule has 2 aliphatic heterocycles. The molecular formula is C106H136Al6O23. The first kappa shape index (κ1) is 111. The van der Waals surface area contributed by atoms with Gasteiger partial charge in [-0.15, -0.1) is 0 Å². The molecule has 29 heteroatoms. The van der Waals surface area contributed by atoms with Crippen LogP contribution in [-0.2, 0) is 32.2 Å². The summed E-state index contributed by atoms with van der Waals surface area (Å²) < 4.78 is 102. The van der Waals surface area contributed by atoms with Gasteiger partial charge in [-0.25, -0.2) is 0 Å². The summed E-state index contributed by atoms with van der Waals surface area (Å²) in [6.07, 6.45) is -3.22. The lowest BCUT2D eigenvalue weighted by Crippen LogP contribution is -2.25.